The molecule has 0 aliphatic heterocycles. The summed E-state index contributed by atoms with van der Waals surface area (Å²) in [6, 6.07) is 7.57. The van der Waals surface area contributed by atoms with Crippen molar-refractivity contribution in [3.63, 3.8) is 0 Å². The SMILES string of the molecule is CCCc1ccc(Nc2ncc(C(F)(F)F)c(OC)n2)cc1. The van der Waals surface area contributed by atoms with Gasteiger partial charge in [0.15, 0.2) is 0 Å². The molecular formula is C15H16F3N3O. The molecule has 0 atom stereocenters. The molecule has 0 spiro atoms. The first-order chi connectivity index (χ1) is 10.4. The van der Waals surface area contributed by atoms with Crippen LogP contribution in [0.25, 0.3) is 0 Å². The summed E-state index contributed by atoms with van der Waals surface area (Å²) in [4.78, 5) is 7.43. The predicted molar refractivity (Wildman–Crippen MR) is 77.3 cm³/mol. The van der Waals surface area contributed by atoms with Crippen LogP contribution in [0, 0.1) is 0 Å². The van der Waals surface area contributed by atoms with Crippen LogP contribution in [0.3, 0.4) is 0 Å². The van der Waals surface area contributed by atoms with Gasteiger partial charge in [-0.1, -0.05) is 25.5 Å². The molecule has 2 aromatic rings. The van der Waals surface area contributed by atoms with Crippen LogP contribution in [-0.4, -0.2) is 17.1 Å². The summed E-state index contributed by atoms with van der Waals surface area (Å²) in [5.41, 5.74) is 0.888. The van der Waals surface area contributed by atoms with Crippen molar-refractivity contribution in [3.8, 4) is 5.88 Å². The van der Waals surface area contributed by atoms with Gasteiger partial charge in [-0.15, -0.1) is 0 Å². The Morgan fingerprint density at radius 3 is 2.41 bits per heavy atom. The van der Waals surface area contributed by atoms with Gasteiger partial charge in [-0.25, -0.2) is 4.98 Å². The van der Waals surface area contributed by atoms with E-state index >= 15 is 0 Å². The van der Waals surface area contributed by atoms with Crippen molar-refractivity contribution < 1.29 is 17.9 Å². The second-order valence-corrected chi connectivity index (χ2v) is 4.69. The van der Waals surface area contributed by atoms with Crippen LogP contribution in [0.15, 0.2) is 30.5 Å². The molecular weight excluding hydrogens is 295 g/mol. The monoisotopic (exact) mass is 311 g/mol. The summed E-state index contributed by atoms with van der Waals surface area (Å²) < 4.78 is 42.9. The highest BCUT2D eigenvalue weighted by Gasteiger charge is 2.36. The third-order valence-corrected chi connectivity index (χ3v) is 3.00. The van der Waals surface area contributed by atoms with E-state index in [9.17, 15) is 13.2 Å². The molecule has 0 aliphatic rings. The Labute approximate surface area is 126 Å². The normalized spacial score (nSPS) is 11.3. The van der Waals surface area contributed by atoms with E-state index in [0.29, 0.717) is 11.9 Å². The molecule has 0 saturated heterocycles. The lowest BCUT2D eigenvalue weighted by molar-refractivity contribution is -0.139. The number of nitrogens with zero attached hydrogens (tertiary/aromatic N) is 2. The number of halogens is 3. The van der Waals surface area contributed by atoms with Gasteiger partial charge >= 0.3 is 6.18 Å². The first kappa shape index (κ1) is 16.1. The van der Waals surface area contributed by atoms with Gasteiger partial charge in [0.05, 0.1) is 7.11 Å². The average Bonchev–Trinajstić information content (AvgIpc) is 2.48. The van der Waals surface area contributed by atoms with Gasteiger partial charge in [-0.3, -0.25) is 0 Å². The number of anilines is 2. The summed E-state index contributed by atoms with van der Waals surface area (Å²) in [6.07, 6.45) is -1.82. The van der Waals surface area contributed by atoms with Gasteiger partial charge < -0.3 is 10.1 Å². The van der Waals surface area contributed by atoms with Crippen molar-refractivity contribution in [2.75, 3.05) is 12.4 Å². The molecule has 0 radical (unpaired) electrons. The van der Waals surface area contributed by atoms with E-state index in [2.05, 4.69) is 22.2 Å². The molecule has 0 bridgehead atoms. The molecule has 1 aromatic carbocycles. The van der Waals surface area contributed by atoms with Crippen LogP contribution in [-0.2, 0) is 12.6 Å². The summed E-state index contributed by atoms with van der Waals surface area (Å²) in [6.45, 7) is 2.09. The number of nitrogens with one attached hydrogen (secondary N) is 1. The van der Waals surface area contributed by atoms with Gasteiger partial charge in [0.2, 0.25) is 11.8 Å². The van der Waals surface area contributed by atoms with Gasteiger partial charge in [0, 0.05) is 11.9 Å². The van der Waals surface area contributed by atoms with E-state index < -0.39 is 17.6 Å². The van der Waals surface area contributed by atoms with E-state index in [-0.39, 0.29) is 5.95 Å². The molecule has 0 aliphatic carbocycles. The summed E-state index contributed by atoms with van der Waals surface area (Å²) >= 11 is 0. The van der Waals surface area contributed by atoms with Crippen LogP contribution in [0.4, 0.5) is 24.8 Å². The van der Waals surface area contributed by atoms with E-state index in [4.69, 9.17) is 4.74 Å². The second kappa shape index (κ2) is 6.64. The number of hydrogen-bond acceptors (Lipinski definition) is 4. The van der Waals surface area contributed by atoms with Crippen molar-refractivity contribution in [2.45, 2.75) is 25.9 Å². The lowest BCUT2D eigenvalue weighted by atomic mass is 10.1. The maximum absolute atomic E-state index is 12.7. The van der Waals surface area contributed by atoms with Crippen molar-refractivity contribution in [1.29, 1.82) is 0 Å². The lowest BCUT2D eigenvalue weighted by Gasteiger charge is -2.12. The Balaban J connectivity index is 2.19. The smallest absolute Gasteiger partial charge is 0.423 e. The lowest BCUT2D eigenvalue weighted by Crippen LogP contribution is -2.11. The van der Waals surface area contributed by atoms with Crippen molar-refractivity contribution >= 4 is 11.6 Å². The van der Waals surface area contributed by atoms with E-state index in [1.54, 1.807) is 0 Å². The maximum atomic E-state index is 12.7. The molecule has 118 valence electrons. The molecule has 22 heavy (non-hydrogen) atoms. The van der Waals surface area contributed by atoms with E-state index in [1.165, 1.54) is 5.56 Å². The second-order valence-electron chi connectivity index (χ2n) is 4.69. The Morgan fingerprint density at radius 2 is 1.86 bits per heavy atom. The zero-order chi connectivity index (χ0) is 16.2. The highest BCUT2D eigenvalue weighted by molar-refractivity contribution is 5.54. The van der Waals surface area contributed by atoms with Gasteiger partial charge in [-0.05, 0) is 24.1 Å². The zero-order valence-corrected chi connectivity index (χ0v) is 12.2. The van der Waals surface area contributed by atoms with E-state index in [1.807, 2.05) is 24.3 Å². The standard InChI is InChI=1S/C15H16F3N3O/c1-3-4-10-5-7-11(8-6-10)20-14-19-9-12(15(16,17)18)13(21-14)22-2/h5-9H,3-4H2,1-2H3,(H,19,20,21). The molecule has 0 fully saturated rings. The predicted octanol–water partition coefficient (Wildman–Crippen LogP) is 4.20. The quantitative estimate of drug-likeness (QED) is 0.899. The molecule has 0 saturated carbocycles. The molecule has 1 heterocycles. The Morgan fingerprint density at radius 1 is 1.18 bits per heavy atom. The molecule has 0 unspecified atom stereocenters. The van der Waals surface area contributed by atoms with Crippen molar-refractivity contribution in [2.24, 2.45) is 0 Å². The molecule has 7 heteroatoms. The van der Waals surface area contributed by atoms with Crippen LogP contribution in [0.1, 0.15) is 24.5 Å². The van der Waals surface area contributed by atoms with Gasteiger partial charge in [-0.2, -0.15) is 18.2 Å². The molecule has 2 rings (SSSR count). The first-order valence-corrected chi connectivity index (χ1v) is 6.78. The summed E-state index contributed by atoms with van der Waals surface area (Å²) in [5.74, 6) is -0.458. The molecule has 1 aromatic heterocycles. The number of aromatic nitrogens is 2. The number of ether oxygens (including phenoxy) is 1. The van der Waals surface area contributed by atoms with Crippen LogP contribution >= 0.6 is 0 Å². The third kappa shape index (κ3) is 3.87. The molecule has 0 amide bonds. The van der Waals surface area contributed by atoms with Gasteiger partial charge in [0.25, 0.3) is 0 Å². The minimum absolute atomic E-state index is 0.0492. The van der Waals surface area contributed by atoms with Crippen LogP contribution in [0.2, 0.25) is 0 Å². The summed E-state index contributed by atoms with van der Waals surface area (Å²) in [7, 11) is 1.14. The van der Waals surface area contributed by atoms with Crippen molar-refractivity contribution in [3.05, 3.63) is 41.6 Å². The largest absolute Gasteiger partial charge is 0.480 e. The highest BCUT2D eigenvalue weighted by Crippen LogP contribution is 2.35. The number of aryl methyl sites for hydroxylation is 1. The number of rotatable bonds is 5. The number of methoxy groups -OCH3 is 1. The number of hydrogen-bond donors (Lipinski definition) is 1. The Kier molecular flexibility index (Phi) is 4.85. The fraction of sp³-hybridized carbons (Fsp3) is 0.333. The third-order valence-electron chi connectivity index (χ3n) is 3.00. The van der Waals surface area contributed by atoms with Gasteiger partial charge in [0.1, 0.15) is 5.56 Å². The summed E-state index contributed by atoms with van der Waals surface area (Å²) in [5, 5.41) is 2.86. The van der Waals surface area contributed by atoms with Crippen molar-refractivity contribution in [1.82, 2.24) is 9.97 Å². The fourth-order valence-electron chi connectivity index (χ4n) is 1.95. The Bertz CT molecular complexity index is 627. The topological polar surface area (TPSA) is 47.0 Å². The van der Waals surface area contributed by atoms with E-state index in [0.717, 1.165) is 20.0 Å². The zero-order valence-electron chi connectivity index (χ0n) is 12.2. The highest BCUT2D eigenvalue weighted by atomic mass is 19.4. The average molecular weight is 311 g/mol. The minimum atomic E-state index is -4.55. The Hall–Kier alpha value is -2.31. The first-order valence-electron chi connectivity index (χ1n) is 6.78. The molecule has 4 nitrogen and oxygen atoms in total. The molecule has 1 N–H and O–H groups in total. The van der Waals surface area contributed by atoms with Crippen LogP contribution < -0.4 is 10.1 Å². The van der Waals surface area contributed by atoms with Crippen LogP contribution in [0.5, 0.6) is 5.88 Å². The maximum Gasteiger partial charge on any atom is 0.423 e. The number of benzene rings is 1. The fourth-order valence-corrected chi connectivity index (χ4v) is 1.95. The minimum Gasteiger partial charge on any atom is -0.480 e. The number of alkyl halides is 3.